The van der Waals surface area contributed by atoms with Crippen molar-refractivity contribution in [2.45, 2.75) is 6.61 Å². The molecule has 0 aliphatic rings. The van der Waals surface area contributed by atoms with Crippen LogP contribution in [0.1, 0.15) is 16.1 Å². The van der Waals surface area contributed by atoms with E-state index in [0.717, 1.165) is 10.5 Å². The number of benzene rings is 1. The zero-order valence-corrected chi connectivity index (χ0v) is 11.7. The van der Waals surface area contributed by atoms with Crippen LogP contribution in [0.25, 0.3) is 0 Å². The lowest BCUT2D eigenvalue weighted by molar-refractivity contribution is 0.0462. The predicted octanol–water partition coefficient (Wildman–Crippen LogP) is 3.06. The molecule has 2 N–H and O–H groups in total. The standard InChI is InChI=1S/C13H9BrF2N2O2/c14-7-1-2-8(18-5-7)6-20-13(19)9-3-11(16)12(17)4-10(9)15/h1-5H,6,17H2. The molecule has 0 unspecified atom stereocenters. The monoisotopic (exact) mass is 342 g/mol. The van der Waals surface area contributed by atoms with Crippen LogP contribution in [0.15, 0.2) is 34.9 Å². The smallest absolute Gasteiger partial charge is 0.341 e. The summed E-state index contributed by atoms with van der Waals surface area (Å²) < 4.78 is 32.3. The molecular formula is C13H9BrF2N2O2. The molecule has 0 aliphatic carbocycles. The molecule has 2 aromatic rings. The molecule has 7 heteroatoms. The van der Waals surface area contributed by atoms with Crippen LogP contribution in [0.2, 0.25) is 0 Å². The highest BCUT2D eigenvalue weighted by Gasteiger charge is 2.16. The lowest BCUT2D eigenvalue weighted by atomic mass is 10.2. The van der Waals surface area contributed by atoms with Crippen molar-refractivity contribution in [2.75, 3.05) is 5.73 Å². The molecule has 1 aromatic carbocycles. The third-order valence-electron chi connectivity index (χ3n) is 2.45. The zero-order valence-electron chi connectivity index (χ0n) is 10.1. The topological polar surface area (TPSA) is 65.2 Å². The SMILES string of the molecule is Nc1cc(F)c(C(=O)OCc2ccc(Br)cn2)cc1F. The molecule has 4 nitrogen and oxygen atoms in total. The Kier molecular flexibility index (Phi) is 4.29. The molecule has 0 aliphatic heterocycles. The first-order valence-corrected chi connectivity index (χ1v) is 6.28. The summed E-state index contributed by atoms with van der Waals surface area (Å²) in [5.41, 5.74) is 4.80. The molecule has 2 rings (SSSR count). The van der Waals surface area contributed by atoms with Crippen molar-refractivity contribution in [1.29, 1.82) is 0 Å². The number of nitrogens with zero attached hydrogens (tertiary/aromatic N) is 1. The first kappa shape index (κ1) is 14.4. The molecule has 0 saturated heterocycles. The van der Waals surface area contributed by atoms with Gasteiger partial charge in [0.15, 0.2) is 0 Å². The van der Waals surface area contributed by atoms with Gasteiger partial charge in [0.05, 0.1) is 16.9 Å². The van der Waals surface area contributed by atoms with E-state index in [4.69, 9.17) is 10.5 Å². The van der Waals surface area contributed by atoms with Gasteiger partial charge in [0, 0.05) is 16.7 Å². The highest BCUT2D eigenvalue weighted by molar-refractivity contribution is 9.10. The Labute approximate surface area is 121 Å². The van der Waals surface area contributed by atoms with E-state index >= 15 is 0 Å². The van der Waals surface area contributed by atoms with E-state index < -0.39 is 23.2 Å². The predicted molar refractivity (Wildman–Crippen MR) is 71.8 cm³/mol. The molecule has 0 saturated carbocycles. The van der Waals surface area contributed by atoms with Crippen molar-refractivity contribution >= 4 is 27.6 Å². The van der Waals surface area contributed by atoms with Crippen molar-refractivity contribution in [3.63, 3.8) is 0 Å². The maximum atomic E-state index is 13.5. The number of carbonyl (C=O) groups excluding carboxylic acids is 1. The summed E-state index contributed by atoms with van der Waals surface area (Å²) in [6, 6.07) is 4.81. The third-order valence-corrected chi connectivity index (χ3v) is 2.92. The van der Waals surface area contributed by atoms with Crippen molar-refractivity contribution in [1.82, 2.24) is 4.98 Å². The number of pyridine rings is 1. The van der Waals surface area contributed by atoms with Crippen LogP contribution in [0, 0.1) is 11.6 Å². The van der Waals surface area contributed by atoms with Crippen molar-refractivity contribution in [2.24, 2.45) is 0 Å². The fraction of sp³-hybridized carbons (Fsp3) is 0.0769. The first-order chi connectivity index (χ1) is 9.47. The van der Waals surface area contributed by atoms with E-state index in [-0.39, 0.29) is 12.3 Å². The van der Waals surface area contributed by atoms with Crippen LogP contribution in [0.5, 0.6) is 0 Å². The molecule has 104 valence electrons. The molecule has 0 amide bonds. The molecule has 0 fully saturated rings. The van der Waals surface area contributed by atoms with Crippen LogP contribution < -0.4 is 5.73 Å². The molecule has 1 heterocycles. The Bertz CT molecular complexity index is 648. The Balaban J connectivity index is 2.09. The van der Waals surface area contributed by atoms with Gasteiger partial charge in [-0.3, -0.25) is 4.98 Å². The molecule has 0 radical (unpaired) electrons. The van der Waals surface area contributed by atoms with Gasteiger partial charge < -0.3 is 10.5 Å². The fourth-order valence-electron chi connectivity index (χ4n) is 1.43. The third kappa shape index (κ3) is 3.30. The second-order valence-electron chi connectivity index (χ2n) is 3.90. The van der Waals surface area contributed by atoms with Gasteiger partial charge in [-0.05, 0) is 34.1 Å². The molecule has 1 aromatic heterocycles. The van der Waals surface area contributed by atoms with Crippen molar-refractivity contribution in [3.8, 4) is 0 Å². The highest BCUT2D eigenvalue weighted by atomic mass is 79.9. The van der Waals surface area contributed by atoms with Gasteiger partial charge >= 0.3 is 5.97 Å². The van der Waals surface area contributed by atoms with Crippen molar-refractivity contribution in [3.05, 3.63) is 57.8 Å². The average Bonchev–Trinajstić information content (AvgIpc) is 2.42. The summed E-state index contributed by atoms with van der Waals surface area (Å²) >= 11 is 3.21. The van der Waals surface area contributed by atoms with Crippen LogP contribution in [-0.4, -0.2) is 11.0 Å². The van der Waals surface area contributed by atoms with Gasteiger partial charge in [-0.15, -0.1) is 0 Å². The second-order valence-corrected chi connectivity index (χ2v) is 4.81. The summed E-state index contributed by atoms with van der Waals surface area (Å²) in [6.07, 6.45) is 1.53. The number of anilines is 1. The maximum Gasteiger partial charge on any atom is 0.341 e. The summed E-state index contributed by atoms with van der Waals surface area (Å²) in [4.78, 5) is 15.6. The lowest BCUT2D eigenvalue weighted by Gasteiger charge is -2.06. The summed E-state index contributed by atoms with van der Waals surface area (Å²) in [7, 11) is 0. The van der Waals surface area contributed by atoms with Crippen LogP contribution >= 0.6 is 15.9 Å². The Morgan fingerprint density at radius 1 is 1.30 bits per heavy atom. The van der Waals surface area contributed by atoms with Crippen LogP contribution in [0.4, 0.5) is 14.5 Å². The number of nitrogens with two attached hydrogens (primary N) is 1. The number of ether oxygens (including phenoxy) is 1. The van der Waals surface area contributed by atoms with E-state index in [1.54, 1.807) is 12.1 Å². The number of carbonyl (C=O) groups is 1. The fourth-order valence-corrected chi connectivity index (χ4v) is 1.66. The Morgan fingerprint density at radius 3 is 2.70 bits per heavy atom. The molecule has 0 spiro atoms. The lowest BCUT2D eigenvalue weighted by Crippen LogP contribution is -2.09. The number of hydrogen-bond acceptors (Lipinski definition) is 4. The number of hydrogen-bond donors (Lipinski definition) is 1. The first-order valence-electron chi connectivity index (χ1n) is 5.49. The minimum atomic E-state index is -0.980. The summed E-state index contributed by atoms with van der Waals surface area (Å²) in [5, 5.41) is 0. The minimum Gasteiger partial charge on any atom is -0.456 e. The maximum absolute atomic E-state index is 13.5. The zero-order chi connectivity index (χ0) is 14.7. The van der Waals surface area contributed by atoms with E-state index in [1.165, 1.54) is 6.20 Å². The molecule has 20 heavy (non-hydrogen) atoms. The summed E-state index contributed by atoms with van der Waals surface area (Å²) in [6.45, 7) is -0.141. The number of rotatable bonds is 3. The highest BCUT2D eigenvalue weighted by Crippen LogP contribution is 2.18. The van der Waals surface area contributed by atoms with Gasteiger partial charge in [0.25, 0.3) is 0 Å². The number of aromatic nitrogens is 1. The van der Waals surface area contributed by atoms with E-state index in [1.807, 2.05) is 0 Å². The van der Waals surface area contributed by atoms with E-state index in [2.05, 4.69) is 20.9 Å². The summed E-state index contributed by atoms with van der Waals surface area (Å²) in [5.74, 6) is -2.79. The van der Waals surface area contributed by atoms with Gasteiger partial charge in [-0.1, -0.05) is 0 Å². The number of nitrogen functional groups attached to an aromatic ring is 1. The molecular weight excluding hydrogens is 334 g/mol. The van der Waals surface area contributed by atoms with E-state index in [9.17, 15) is 13.6 Å². The quantitative estimate of drug-likeness (QED) is 0.687. The number of esters is 1. The minimum absolute atomic E-state index is 0.141. The van der Waals surface area contributed by atoms with Gasteiger partial charge in [0.2, 0.25) is 0 Å². The Morgan fingerprint density at radius 2 is 2.05 bits per heavy atom. The van der Waals surface area contributed by atoms with Gasteiger partial charge in [0.1, 0.15) is 18.2 Å². The average molecular weight is 343 g/mol. The van der Waals surface area contributed by atoms with Crippen molar-refractivity contribution < 1.29 is 18.3 Å². The largest absolute Gasteiger partial charge is 0.456 e. The molecule has 0 atom stereocenters. The number of halogens is 3. The molecule has 0 bridgehead atoms. The van der Waals surface area contributed by atoms with E-state index in [0.29, 0.717) is 11.8 Å². The normalized spacial score (nSPS) is 10.3. The van der Waals surface area contributed by atoms with Gasteiger partial charge in [-0.25, -0.2) is 13.6 Å². The van der Waals surface area contributed by atoms with Crippen LogP contribution in [0.3, 0.4) is 0 Å². The van der Waals surface area contributed by atoms with Crippen LogP contribution in [-0.2, 0) is 11.3 Å². The van der Waals surface area contributed by atoms with Gasteiger partial charge in [-0.2, -0.15) is 0 Å². The Hall–Kier alpha value is -2.02. The second kappa shape index (κ2) is 5.96.